The first-order valence-corrected chi connectivity index (χ1v) is 6.40. The van der Waals surface area contributed by atoms with Gasteiger partial charge in [-0.05, 0) is 43.9 Å². The van der Waals surface area contributed by atoms with Crippen molar-refractivity contribution in [2.45, 2.75) is 32.2 Å². The molecule has 1 aromatic heterocycles. The highest BCUT2D eigenvalue weighted by atomic mass is 16.1. The van der Waals surface area contributed by atoms with Gasteiger partial charge in [0.1, 0.15) is 0 Å². The van der Waals surface area contributed by atoms with Crippen LogP contribution in [0.3, 0.4) is 0 Å². The maximum absolute atomic E-state index is 11.5. The monoisotopic (exact) mass is 242 g/mol. The molecule has 3 rings (SSSR count). The second-order valence-corrected chi connectivity index (χ2v) is 5.43. The molecule has 0 aromatic carbocycles. The number of nitrogens with two attached hydrogens (primary N) is 1. The van der Waals surface area contributed by atoms with Gasteiger partial charge >= 0.3 is 0 Å². The molecule has 3 heteroatoms. The zero-order valence-electron chi connectivity index (χ0n) is 10.8. The van der Waals surface area contributed by atoms with Crippen LogP contribution >= 0.6 is 0 Å². The van der Waals surface area contributed by atoms with E-state index in [4.69, 9.17) is 5.73 Å². The number of aromatic amines is 1. The molecule has 1 aromatic rings. The number of rotatable bonds is 0. The highest BCUT2D eigenvalue weighted by Crippen LogP contribution is 2.47. The quantitative estimate of drug-likeness (QED) is 0.684. The van der Waals surface area contributed by atoms with Gasteiger partial charge in [-0.25, -0.2) is 0 Å². The molecule has 3 N–H and O–H groups in total. The summed E-state index contributed by atoms with van der Waals surface area (Å²) in [6, 6.07) is 3.47. The van der Waals surface area contributed by atoms with Gasteiger partial charge in [-0.1, -0.05) is 17.7 Å². The summed E-state index contributed by atoms with van der Waals surface area (Å²) >= 11 is 0. The van der Waals surface area contributed by atoms with Crippen molar-refractivity contribution >= 4 is 0 Å². The van der Waals surface area contributed by atoms with E-state index in [1.54, 1.807) is 6.07 Å². The Morgan fingerprint density at radius 2 is 2.28 bits per heavy atom. The number of H-pyrrole nitrogens is 1. The summed E-state index contributed by atoms with van der Waals surface area (Å²) < 4.78 is 0. The van der Waals surface area contributed by atoms with Crippen LogP contribution in [0.1, 0.15) is 31.5 Å². The van der Waals surface area contributed by atoms with Crippen LogP contribution in [0.4, 0.5) is 0 Å². The minimum atomic E-state index is -0.434. The highest BCUT2D eigenvalue weighted by Gasteiger charge is 2.43. The van der Waals surface area contributed by atoms with Crippen LogP contribution in [-0.2, 0) is 12.0 Å². The van der Waals surface area contributed by atoms with E-state index in [0.29, 0.717) is 5.92 Å². The van der Waals surface area contributed by atoms with E-state index in [1.807, 2.05) is 6.07 Å². The summed E-state index contributed by atoms with van der Waals surface area (Å²) in [6.45, 7) is 4.19. The highest BCUT2D eigenvalue weighted by molar-refractivity contribution is 5.48. The first-order valence-electron chi connectivity index (χ1n) is 6.40. The fourth-order valence-electron chi connectivity index (χ4n) is 3.57. The van der Waals surface area contributed by atoms with E-state index >= 15 is 0 Å². The molecule has 1 heterocycles. The van der Waals surface area contributed by atoms with Crippen molar-refractivity contribution in [3.05, 3.63) is 57.0 Å². The predicted molar refractivity (Wildman–Crippen MR) is 72.3 cm³/mol. The molecule has 2 aliphatic carbocycles. The number of nitrogens with one attached hydrogen (secondary N) is 1. The Balaban J connectivity index is 2.28. The standard InChI is InChI=1S/C15H18N2O/c1-3-11-10-6-9(2)8-15(11,16)12-4-5-14(18)17-13(12)7-10/h3-6,10H,7-8,16H2,1-2H3,(H,17,18)/b11-3-/t10-,15+/m1/s1. The summed E-state index contributed by atoms with van der Waals surface area (Å²) in [5.41, 5.74) is 10.9. The first-order chi connectivity index (χ1) is 8.54. The molecule has 18 heavy (non-hydrogen) atoms. The molecule has 94 valence electrons. The molecule has 0 spiro atoms. The second kappa shape index (κ2) is 3.69. The Bertz CT molecular complexity index is 624. The van der Waals surface area contributed by atoms with Crippen LogP contribution in [0.25, 0.3) is 0 Å². The lowest BCUT2D eigenvalue weighted by Gasteiger charge is -2.45. The SMILES string of the molecule is C/C=C1/[C@@H]2C=C(C)C[C@@]1(N)c1ccc(=O)[nH]c1C2. The van der Waals surface area contributed by atoms with E-state index in [9.17, 15) is 4.79 Å². The summed E-state index contributed by atoms with van der Waals surface area (Å²) in [7, 11) is 0. The van der Waals surface area contributed by atoms with E-state index in [-0.39, 0.29) is 5.56 Å². The zero-order valence-corrected chi connectivity index (χ0v) is 10.8. The Labute approximate surface area is 106 Å². The van der Waals surface area contributed by atoms with Crippen molar-refractivity contribution in [1.82, 2.24) is 4.98 Å². The molecule has 0 aliphatic heterocycles. The number of hydrogen-bond donors (Lipinski definition) is 2. The Hall–Kier alpha value is -1.61. The van der Waals surface area contributed by atoms with Gasteiger partial charge in [-0.3, -0.25) is 4.79 Å². The number of aromatic nitrogens is 1. The predicted octanol–water partition coefficient (Wildman–Crippen LogP) is 2.00. The lowest BCUT2D eigenvalue weighted by atomic mass is 9.63. The molecular weight excluding hydrogens is 224 g/mol. The average Bonchev–Trinajstić information content (AvgIpc) is 2.26. The smallest absolute Gasteiger partial charge is 0.248 e. The Kier molecular flexibility index (Phi) is 2.35. The van der Waals surface area contributed by atoms with Gasteiger partial charge in [0.15, 0.2) is 0 Å². The lowest BCUT2D eigenvalue weighted by molar-refractivity contribution is 0.409. The molecule has 0 saturated carbocycles. The van der Waals surface area contributed by atoms with Crippen molar-refractivity contribution in [3.8, 4) is 0 Å². The van der Waals surface area contributed by atoms with Gasteiger partial charge in [-0.2, -0.15) is 0 Å². The molecule has 0 amide bonds. The van der Waals surface area contributed by atoms with Crippen molar-refractivity contribution < 1.29 is 0 Å². The number of hydrogen-bond acceptors (Lipinski definition) is 2. The van der Waals surface area contributed by atoms with Gasteiger partial charge in [0.05, 0.1) is 5.54 Å². The van der Waals surface area contributed by atoms with Crippen LogP contribution in [0.15, 0.2) is 40.2 Å². The Morgan fingerprint density at radius 3 is 3.00 bits per heavy atom. The summed E-state index contributed by atoms with van der Waals surface area (Å²) in [6.07, 6.45) is 6.11. The molecule has 2 aliphatic rings. The molecular formula is C15H18N2O. The third-order valence-corrected chi connectivity index (χ3v) is 4.17. The van der Waals surface area contributed by atoms with E-state index < -0.39 is 5.54 Å². The van der Waals surface area contributed by atoms with Gasteiger partial charge in [0.2, 0.25) is 5.56 Å². The van der Waals surface area contributed by atoms with Crippen LogP contribution in [0, 0.1) is 5.92 Å². The molecule has 2 atom stereocenters. The van der Waals surface area contributed by atoms with E-state index in [1.165, 1.54) is 11.1 Å². The third-order valence-electron chi connectivity index (χ3n) is 4.17. The van der Waals surface area contributed by atoms with Crippen LogP contribution in [0.2, 0.25) is 0 Å². The molecule has 2 bridgehead atoms. The van der Waals surface area contributed by atoms with Crippen molar-refractivity contribution in [2.24, 2.45) is 11.7 Å². The first kappa shape index (κ1) is 11.5. The topological polar surface area (TPSA) is 58.9 Å². The summed E-state index contributed by atoms with van der Waals surface area (Å²) in [5, 5.41) is 0. The van der Waals surface area contributed by atoms with Gasteiger partial charge < -0.3 is 10.7 Å². The minimum Gasteiger partial charge on any atom is -0.326 e. The maximum Gasteiger partial charge on any atom is 0.248 e. The zero-order chi connectivity index (χ0) is 12.9. The second-order valence-electron chi connectivity index (χ2n) is 5.43. The molecule has 0 saturated heterocycles. The van der Waals surface area contributed by atoms with Crippen LogP contribution in [0.5, 0.6) is 0 Å². The molecule has 0 radical (unpaired) electrons. The van der Waals surface area contributed by atoms with Crippen molar-refractivity contribution in [1.29, 1.82) is 0 Å². The molecule has 0 unspecified atom stereocenters. The molecule has 0 fully saturated rings. The maximum atomic E-state index is 11.5. The van der Waals surface area contributed by atoms with Crippen molar-refractivity contribution in [3.63, 3.8) is 0 Å². The third kappa shape index (κ3) is 1.44. The van der Waals surface area contributed by atoms with Crippen LogP contribution < -0.4 is 11.3 Å². The van der Waals surface area contributed by atoms with Crippen LogP contribution in [-0.4, -0.2) is 4.98 Å². The van der Waals surface area contributed by atoms with Gasteiger partial charge in [0.25, 0.3) is 0 Å². The largest absolute Gasteiger partial charge is 0.326 e. The van der Waals surface area contributed by atoms with E-state index in [2.05, 4.69) is 31.0 Å². The van der Waals surface area contributed by atoms with E-state index in [0.717, 1.165) is 24.1 Å². The van der Waals surface area contributed by atoms with Gasteiger partial charge in [-0.15, -0.1) is 0 Å². The lowest BCUT2D eigenvalue weighted by Crippen LogP contribution is -2.48. The Morgan fingerprint density at radius 1 is 1.50 bits per heavy atom. The normalized spacial score (nSPS) is 32.1. The van der Waals surface area contributed by atoms with Crippen molar-refractivity contribution in [2.75, 3.05) is 0 Å². The molecule has 3 nitrogen and oxygen atoms in total. The number of fused-ring (bicyclic) bond motifs is 4. The van der Waals surface area contributed by atoms with Gasteiger partial charge in [0, 0.05) is 17.7 Å². The summed E-state index contributed by atoms with van der Waals surface area (Å²) in [4.78, 5) is 14.4. The average molecular weight is 242 g/mol. The summed E-state index contributed by atoms with van der Waals surface area (Å²) in [5.74, 6) is 0.333. The minimum absolute atomic E-state index is 0.0416. The number of allylic oxidation sites excluding steroid dienone is 2. The fourth-order valence-corrected chi connectivity index (χ4v) is 3.57. The number of pyridine rings is 1. The fraction of sp³-hybridized carbons (Fsp3) is 0.400.